The van der Waals surface area contributed by atoms with Gasteiger partial charge in [-0.1, -0.05) is 0 Å². The Morgan fingerprint density at radius 1 is 1.53 bits per heavy atom. The number of rotatable bonds is 2. The number of fused-ring (bicyclic) bond motifs is 1. The summed E-state index contributed by atoms with van der Waals surface area (Å²) in [5, 5.41) is 10.9. The number of aryl methyl sites for hydroxylation is 1. The molecule has 2 unspecified atom stereocenters. The maximum Gasteiger partial charge on any atom is 0.140 e. The molecule has 3 heterocycles. The zero-order valence-corrected chi connectivity index (χ0v) is 10.5. The number of nitrogens with zero attached hydrogens (tertiary/aromatic N) is 3. The third-order valence-corrected chi connectivity index (χ3v) is 4.36. The molecule has 0 aromatic carbocycles. The van der Waals surface area contributed by atoms with Gasteiger partial charge in [-0.25, -0.2) is 4.98 Å². The summed E-state index contributed by atoms with van der Waals surface area (Å²) >= 11 is 0. The molecular weight excluding hydrogens is 214 g/mol. The first-order valence-corrected chi connectivity index (χ1v) is 6.71. The number of hydrogen-bond acceptors (Lipinski definition) is 3. The summed E-state index contributed by atoms with van der Waals surface area (Å²) in [6, 6.07) is 0.566. The predicted octanol–water partition coefficient (Wildman–Crippen LogP) is 1.35. The quantitative estimate of drug-likeness (QED) is 0.841. The largest absolute Gasteiger partial charge is 0.382 e. The number of aliphatic hydroxyl groups is 1. The predicted molar refractivity (Wildman–Crippen MR) is 65.6 cm³/mol. The van der Waals surface area contributed by atoms with Gasteiger partial charge in [0.1, 0.15) is 11.4 Å². The van der Waals surface area contributed by atoms with Crippen LogP contribution < -0.4 is 0 Å². The van der Waals surface area contributed by atoms with Crippen molar-refractivity contribution in [2.75, 3.05) is 13.1 Å². The second-order valence-electron chi connectivity index (χ2n) is 5.35. The van der Waals surface area contributed by atoms with Gasteiger partial charge in [0.05, 0.1) is 0 Å². The van der Waals surface area contributed by atoms with E-state index in [1.165, 1.54) is 19.4 Å². The Labute approximate surface area is 102 Å². The monoisotopic (exact) mass is 235 g/mol. The van der Waals surface area contributed by atoms with Crippen molar-refractivity contribution in [2.45, 2.75) is 50.8 Å². The molecule has 2 fully saturated rings. The molecule has 2 aliphatic heterocycles. The minimum absolute atomic E-state index is 0.566. The lowest BCUT2D eigenvalue weighted by Gasteiger charge is -2.40. The SMILES string of the molecule is CCn1ccnc1C1(O)CCN2CCCC2C1. The minimum atomic E-state index is -0.703. The van der Waals surface area contributed by atoms with Crippen molar-refractivity contribution in [3.63, 3.8) is 0 Å². The molecule has 4 heteroatoms. The van der Waals surface area contributed by atoms with E-state index < -0.39 is 5.60 Å². The van der Waals surface area contributed by atoms with Gasteiger partial charge in [-0.2, -0.15) is 0 Å². The molecule has 0 amide bonds. The topological polar surface area (TPSA) is 41.3 Å². The van der Waals surface area contributed by atoms with Gasteiger partial charge in [0.2, 0.25) is 0 Å². The molecule has 3 rings (SSSR count). The van der Waals surface area contributed by atoms with Gasteiger partial charge in [0, 0.05) is 31.5 Å². The first-order valence-electron chi connectivity index (χ1n) is 6.71. The van der Waals surface area contributed by atoms with E-state index in [1.807, 2.05) is 6.20 Å². The third-order valence-electron chi connectivity index (χ3n) is 4.36. The highest BCUT2D eigenvalue weighted by atomic mass is 16.3. The van der Waals surface area contributed by atoms with E-state index in [0.29, 0.717) is 6.04 Å². The van der Waals surface area contributed by atoms with Crippen molar-refractivity contribution < 1.29 is 5.11 Å². The lowest BCUT2D eigenvalue weighted by Crippen LogP contribution is -2.47. The van der Waals surface area contributed by atoms with Crippen molar-refractivity contribution >= 4 is 0 Å². The first-order chi connectivity index (χ1) is 8.23. The van der Waals surface area contributed by atoms with Crippen LogP contribution in [0.1, 0.15) is 38.4 Å². The molecular formula is C13H21N3O. The van der Waals surface area contributed by atoms with E-state index in [1.54, 1.807) is 6.20 Å². The maximum absolute atomic E-state index is 10.9. The zero-order chi connectivity index (χ0) is 11.9. The molecule has 1 aromatic heterocycles. The van der Waals surface area contributed by atoms with Crippen molar-refractivity contribution in [1.29, 1.82) is 0 Å². The van der Waals surface area contributed by atoms with Crippen LogP contribution in [0.4, 0.5) is 0 Å². The highest BCUT2D eigenvalue weighted by Gasteiger charge is 2.43. The van der Waals surface area contributed by atoms with Crippen LogP contribution in [0.2, 0.25) is 0 Å². The van der Waals surface area contributed by atoms with E-state index in [-0.39, 0.29) is 0 Å². The van der Waals surface area contributed by atoms with Crippen LogP contribution in [0.15, 0.2) is 12.4 Å². The molecule has 2 saturated heterocycles. The second-order valence-corrected chi connectivity index (χ2v) is 5.35. The van der Waals surface area contributed by atoms with Crippen LogP contribution in [0.5, 0.6) is 0 Å². The molecule has 17 heavy (non-hydrogen) atoms. The Bertz CT molecular complexity index is 403. The number of imidazole rings is 1. The van der Waals surface area contributed by atoms with E-state index in [2.05, 4.69) is 21.4 Å². The number of aromatic nitrogens is 2. The van der Waals surface area contributed by atoms with Gasteiger partial charge in [-0.3, -0.25) is 0 Å². The first kappa shape index (κ1) is 11.2. The van der Waals surface area contributed by atoms with Gasteiger partial charge < -0.3 is 14.6 Å². The molecule has 0 saturated carbocycles. The highest BCUT2D eigenvalue weighted by molar-refractivity contribution is 5.09. The average molecular weight is 235 g/mol. The normalized spacial score (nSPS) is 33.9. The third kappa shape index (κ3) is 1.79. The van der Waals surface area contributed by atoms with Gasteiger partial charge in [0.25, 0.3) is 0 Å². The molecule has 94 valence electrons. The van der Waals surface area contributed by atoms with Crippen molar-refractivity contribution in [1.82, 2.24) is 14.5 Å². The van der Waals surface area contributed by atoms with Gasteiger partial charge in [0.15, 0.2) is 0 Å². The minimum Gasteiger partial charge on any atom is -0.382 e. The maximum atomic E-state index is 10.9. The van der Waals surface area contributed by atoms with E-state index in [9.17, 15) is 5.11 Å². The molecule has 0 spiro atoms. The molecule has 1 aromatic rings. The molecule has 1 N–H and O–H groups in total. The Morgan fingerprint density at radius 2 is 2.41 bits per heavy atom. The summed E-state index contributed by atoms with van der Waals surface area (Å²) in [4.78, 5) is 6.91. The summed E-state index contributed by atoms with van der Waals surface area (Å²) < 4.78 is 2.07. The fourth-order valence-electron chi connectivity index (χ4n) is 3.42. The van der Waals surface area contributed by atoms with Crippen LogP contribution >= 0.6 is 0 Å². The fourth-order valence-corrected chi connectivity index (χ4v) is 3.42. The van der Waals surface area contributed by atoms with Gasteiger partial charge >= 0.3 is 0 Å². The van der Waals surface area contributed by atoms with Crippen LogP contribution in [-0.2, 0) is 12.1 Å². The van der Waals surface area contributed by atoms with Crippen LogP contribution in [0, 0.1) is 0 Å². The lowest BCUT2D eigenvalue weighted by molar-refractivity contribution is -0.0497. The average Bonchev–Trinajstić information content (AvgIpc) is 2.96. The Hall–Kier alpha value is -0.870. The lowest BCUT2D eigenvalue weighted by atomic mass is 9.86. The Morgan fingerprint density at radius 3 is 3.24 bits per heavy atom. The Balaban J connectivity index is 1.86. The van der Waals surface area contributed by atoms with E-state index >= 15 is 0 Å². The summed E-state index contributed by atoms with van der Waals surface area (Å²) in [5.41, 5.74) is -0.703. The smallest absolute Gasteiger partial charge is 0.140 e. The molecule has 4 nitrogen and oxygen atoms in total. The van der Waals surface area contributed by atoms with Crippen LogP contribution in [0.3, 0.4) is 0 Å². The van der Waals surface area contributed by atoms with E-state index in [0.717, 1.165) is 31.8 Å². The van der Waals surface area contributed by atoms with Crippen molar-refractivity contribution in [3.05, 3.63) is 18.2 Å². The van der Waals surface area contributed by atoms with Crippen LogP contribution in [0.25, 0.3) is 0 Å². The number of hydrogen-bond donors (Lipinski definition) is 1. The summed E-state index contributed by atoms with van der Waals surface area (Å²) in [5.74, 6) is 0.867. The molecule has 2 aliphatic rings. The summed E-state index contributed by atoms with van der Waals surface area (Å²) in [6.45, 7) is 5.20. The van der Waals surface area contributed by atoms with Crippen molar-refractivity contribution in [2.24, 2.45) is 0 Å². The molecule has 2 atom stereocenters. The zero-order valence-electron chi connectivity index (χ0n) is 10.5. The molecule has 0 radical (unpaired) electrons. The van der Waals surface area contributed by atoms with E-state index in [4.69, 9.17) is 0 Å². The molecule has 0 bridgehead atoms. The standard InChI is InChI=1S/C13H21N3O/c1-2-15-9-6-14-12(15)13(17)5-8-16-7-3-4-11(16)10-13/h6,9,11,17H,2-5,7-8,10H2,1H3. The fraction of sp³-hybridized carbons (Fsp3) is 0.769. The van der Waals surface area contributed by atoms with Crippen LogP contribution in [-0.4, -0.2) is 38.7 Å². The Kier molecular flexibility index (Phi) is 2.71. The number of piperidine rings is 1. The summed E-state index contributed by atoms with van der Waals surface area (Å²) in [6.07, 6.45) is 7.95. The van der Waals surface area contributed by atoms with Gasteiger partial charge in [-0.15, -0.1) is 0 Å². The summed E-state index contributed by atoms with van der Waals surface area (Å²) in [7, 11) is 0. The second kappa shape index (κ2) is 4.10. The highest BCUT2D eigenvalue weighted by Crippen LogP contribution is 2.38. The molecule has 0 aliphatic carbocycles. The van der Waals surface area contributed by atoms with Crippen molar-refractivity contribution in [3.8, 4) is 0 Å². The van der Waals surface area contributed by atoms with Gasteiger partial charge in [-0.05, 0) is 39.2 Å².